The van der Waals surface area contributed by atoms with Crippen LogP contribution in [0.1, 0.15) is 31.7 Å². The van der Waals surface area contributed by atoms with E-state index in [1.807, 2.05) is 0 Å². The summed E-state index contributed by atoms with van der Waals surface area (Å²) in [6, 6.07) is 9.35. The third-order valence-corrected chi connectivity index (χ3v) is 3.23. The summed E-state index contributed by atoms with van der Waals surface area (Å²) >= 11 is 0. The molecule has 2 atom stereocenters. The fraction of sp³-hybridized carbons (Fsp3) is 0.538. The predicted octanol–water partition coefficient (Wildman–Crippen LogP) is 3.60. The summed E-state index contributed by atoms with van der Waals surface area (Å²) in [4.78, 5) is 0. The first kappa shape index (κ1) is 9.57. The smallest absolute Gasteiger partial charge is 0.0345 e. The first-order valence-corrected chi connectivity index (χ1v) is 5.59. The van der Waals surface area contributed by atoms with Gasteiger partial charge in [0.25, 0.3) is 0 Å². The normalized spacial score (nSPS) is 26.4. The third kappa shape index (κ3) is 2.09. The molecule has 1 aliphatic rings. The van der Waals surface area contributed by atoms with E-state index in [1.54, 1.807) is 0 Å². The molecule has 14 heavy (non-hydrogen) atoms. The van der Waals surface area contributed by atoms with Gasteiger partial charge in [-0.25, -0.2) is 0 Å². The predicted molar refractivity (Wildman–Crippen MR) is 61.6 cm³/mol. The SMILES string of the molecule is Cc1cccc(NC2CCCC2C)c1. The van der Waals surface area contributed by atoms with Crippen molar-refractivity contribution >= 4 is 5.69 Å². The minimum absolute atomic E-state index is 0.691. The number of hydrogen-bond donors (Lipinski definition) is 1. The number of benzene rings is 1. The van der Waals surface area contributed by atoms with Crippen LogP contribution in [0, 0.1) is 12.8 Å². The maximum atomic E-state index is 3.63. The molecular weight excluding hydrogens is 170 g/mol. The highest BCUT2D eigenvalue weighted by molar-refractivity contribution is 5.46. The Morgan fingerprint density at radius 1 is 1.29 bits per heavy atom. The molecule has 0 bridgehead atoms. The Kier molecular flexibility index (Phi) is 2.76. The lowest BCUT2D eigenvalue weighted by molar-refractivity contribution is 0.556. The molecule has 0 saturated heterocycles. The van der Waals surface area contributed by atoms with Crippen molar-refractivity contribution in [2.45, 2.75) is 39.2 Å². The zero-order valence-corrected chi connectivity index (χ0v) is 9.09. The second kappa shape index (κ2) is 4.04. The Morgan fingerprint density at radius 2 is 2.14 bits per heavy atom. The van der Waals surface area contributed by atoms with Crippen LogP contribution < -0.4 is 5.32 Å². The molecular formula is C13H19N. The molecule has 1 aromatic rings. The molecule has 1 saturated carbocycles. The van der Waals surface area contributed by atoms with Crippen molar-refractivity contribution in [1.82, 2.24) is 0 Å². The maximum absolute atomic E-state index is 3.63. The molecule has 1 N–H and O–H groups in total. The monoisotopic (exact) mass is 189 g/mol. The van der Waals surface area contributed by atoms with Crippen LogP contribution >= 0.6 is 0 Å². The molecule has 76 valence electrons. The highest BCUT2D eigenvalue weighted by Gasteiger charge is 2.22. The van der Waals surface area contributed by atoms with E-state index in [9.17, 15) is 0 Å². The Balaban J connectivity index is 2.03. The molecule has 0 radical (unpaired) electrons. The van der Waals surface area contributed by atoms with Gasteiger partial charge in [0.05, 0.1) is 0 Å². The van der Waals surface area contributed by atoms with Crippen LogP contribution in [0.25, 0.3) is 0 Å². The van der Waals surface area contributed by atoms with Crippen molar-refractivity contribution in [3.63, 3.8) is 0 Å². The summed E-state index contributed by atoms with van der Waals surface area (Å²) in [6.07, 6.45) is 4.09. The Hall–Kier alpha value is -0.980. The highest BCUT2D eigenvalue weighted by Crippen LogP contribution is 2.27. The topological polar surface area (TPSA) is 12.0 Å². The molecule has 2 unspecified atom stereocenters. The van der Waals surface area contributed by atoms with Gasteiger partial charge < -0.3 is 5.32 Å². The van der Waals surface area contributed by atoms with E-state index in [4.69, 9.17) is 0 Å². The molecule has 1 fully saturated rings. The molecule has 0 aromatic heterocycles. The quantitative estimate of drug-likeness (QED) is 0.749. The van der Waals surface area contributed by atoms with Crippen molar-refractivity contribution in [3.8, 4) is 0 Å². The van der Waals surface area contributed by atoms with Gasteiger partial charge in [-0.05, 0) is 43.4 Å². The van der Waals surface area contributed by atoms with Crippen LogP contribution in [-0.2, 0) is 0 Å². The molecule has 0 amide bonds. The van der Waals surface area contributed by atoms with Gasteiger partial charge in [-0.1, -0.05) is 25.5 Å². The summed E-state index contributed by atoms with van der Waals surface area (Å²) in [6.45, 7) is 4.49. The van der Waals surface area contributed by atoms with Gasteiger partial charge in [0.15, 0.2) is 0 Å². The highest BCUT2D eigenvalue weighted by atomic mass is 14.9. The van der Waals surface area contributed by atoms with Gasteiger partial charge >= 0.3 is 0 Å². The largest absolute Gasteiger partial charge is 0.382 e. The fourth-order valence-electron chi connectivity index (χ4n) is 2.31. The fourth-order valence-corrected chi connectivity index (χ4v) is 2.31. The van der Waals surface area contributed by atoms with E-state index < -0.39 is 0 Å². The molecule has 2 rings (SSSR count). The summed E-state index contributed by atoms with van der Waals surface area (Å²) in [5, 5.41) is 3.63. The lowest BCUT2D eigenvalue weighted by Gasteiger charge is -2.18. The Morgan fingerprint density at radius 3 is 2.79 bits per heavy atom. The average Bonchev–Trinajstić information content (AvgIpc) is 2.52. The second-order valence-electron chi connectivity index (χ2n) is 4.53. The van der Waals surface area contributed by atoms with E-state index >= 15 is 0 Å². The Labute approximate surface area is 86.5 Å². The zero-order chi connectivity index (χ0) is 9.97. The van der Waals surface area contributed by atoms with Crippen LogP contribution in [0.5, 0.6) is 0 Å². The van der Waals surface area contributed by atoms with E-state index in [-0.39, 0.29) is 0 Å². The molecule has 0 spiro atoms. The van der Waals surface area contributed by atoms with Crippen LogP contribution in [-0.4, -0.2) is 6.04 Å². The van der Waals surface area contributed by atoms with Gasteiger partial charge in [0.2, 0.25) is 0 Å². The number of nitrogens with one attached hydrogen (secondary N) is 1. The van der Waals surface area contributed by atoms with Crippen molar-refractivity contribution in [3.05, 3.63) is 29.8 Å². The van der Waals surface area contributed by atoms with Crippen molar-refractivity contribution in [1.29, 1.82) is 0 Å². The molecule has 1 aliphatic carbocycles. The first-order chi connectivity index (χ1) is 6.75. The molecule has 1 heteroatoms. The molecule has 0 heterocycles. The Bertz CT molecular complexity index is 306. The van der Waals surface area contributed by atoms with Crippen LogP contribution in [0.2, 0.25) is 0 Å². The van der Waals surface area contributed by atoms with Crippen molar-refractivity contribution in [2.75, 3.05) is 5.32 Å². The minimum Gasteiger partial charge on any atom is -0.382 e. The summed E-state index contributed by atoms with van der Waals surface area (Å²) in [7, 11) is 0. The zero-order valence-electron chi connectivity index (χ0n) is 9.09. The summed E-state index contributed by atoms with van der Waals surface area (Å²) in [5.74, 6) is 0.829. The minimum atomic E-state index is 0.691. The first-order valence-electron chi connectivity index (χ1n) is 5.59. The lowest BCUT2D eigenvalue weighted by atomic mass is 10.1. The number of hydrogen-bond acceptors (Lipinski definition) is 1. The van der Waals surface area contributed by atoms with E-state index in [1.165, 1.54) is 30.5 Å². The number of rotatable bonds is 2. The number of anilines is 1. The van der Waals surface area contributed by atoms with Crippen LogP contribution in [0.15, 0.2) is 24.3 Å². The van der Waals surface area contributed by atoms with Gasteiger partial charge in [-0.15, -0.1) is 0 Å². The third-order valence-electron chi connectivity index (χ3n) is 3.23. The molecule has 1 nitrogen and oxygen atoms in total. The average molecular weight is 189 g/mol. The van der Waals surface area contributed by atoms with Gasteiger partial charge in [-0.3, -0.25) is 0 Å². The molecule has 1 aromatic carbocycles. The second-order valence-corrected chi connectivity index (χ2v) is 4.53. The molecule has 0 aliphatic heterocycles. The van der Waals surface area contributed by atoms with Crippen molar-refractivity contribution in [2.24, 2.45) is 5.92 Å². The summed E-state index contributed by atoms with van der Waals surface area (Å²) in [5.41, 5.74) is 2.62. The standard InChI is InChI=1S/C13H19N/c1-10-5-3-7-12(9-10)14-13-8-4-6-11(13)2/h3,5,7,9,11,13-14H,4,6,8H2,1-2H3. The van der Waals surface area contributed by atoms with E-state index in [0.717, 1.165) is 5.92 Å². The van der Waals surface area contributed by atoms with Crippen LogP contribution in [0.4, 0.5) is 5.69 Å². The van der Waals surface area contributed by atoms with E-state index in [2.05, 4.69) is 43.4 Å². The van der Waals surface area contributed by atoms with E-state index in [0.29, 0.717) is 6.04 Å². The van der Waals surface area contributed by atoms with Gasteiger partial charge in [0.1, 0.15) is 0 Å². The van der Waals surface area contributed by atoms with Crippen molar-refractivity contribution < 1.29 is 0 Å². The van der Waals surface area contributed by atoms with Crippen LogP contribution in [0.3, 0.4) is 0 Å². The van der Waals surface area contributed by atoms with Gasteiger partial charge in [0, 0.05) is 11.7 Å². The lowest BCUT2D eigenvalue weighted by Crippen LogP contribution is -2.21. The maximum Gasteiger partial charge on any atom is 0.0345 e. The number of aryl methyl sites for hydroxylation is 1. The van der Waals surface area contributed by atoms with Gasteiger partial charge in [-0.2, -0.15) is 0 Å². The summed E-state index contributed by atoms with van der Waals surface area (Å²) < 4.78 is 0.